The van der Waals surface area contributed by atoms with Crippen LogP contribution in [0.5, 0.6) is 0 Å². The lowest BCUT2D eigenvalue weighted by Gasteiger charge is -2.33. The van der Waals surface area contributed by atoms with Gasteiger partial charge in [-0.2, -0.15) is 0 Å². The van der Waals surface area contributed by atoms with Gasteiger partial charge < -0.3 is 15.0 Å². The molecule has 2 aromatic rings. The van der Waals surface area contributed by atoms with Crippen molar-refractivity contribution < 1.29 is 9.53 Å². The number of hydrogen-bond acceptors (Lipinski definition) is 4. The minimum atomic E-state index is 0.106. The fourth-order valence-corrected chi connectivity index (χ4v) is 3.90. The third kappa shape index (κ3) is 4.23. The summed E-state index contributed by atoms with van der Waals surface area (Å²) in [6, 6.07) is 14.2. The van der Waals surface area contributed by atoms with Crippen LogP contribution in [0.2, 0.25) is 0 Å². The summed E-state index contributed by atoms with van der Waals surface area (Å²) in [4.78, 5) is 15.7. The SMILES string of the molecule is COC(CNC1CCN(C(=O)c2ccccc2)CC1)c1cccs1. The van der Waals surface area contributed by atoms with Crippen LogP contribution < -0.4 is 5.32 Å². The highest BCUT2D eigenvalue weighted by molar-refractivity contribution is 7.10. The Kier molecular flexibility index (Phi) is 6.01. The van der Waals surface area contributed by atoms with E-state index in [0.29, 0.717) is 6.04 Å². The van der Waals surface area contributed by atoms with Crippen molar-refractivity contribution in [3.8, 4) is 0 Å². The van der Waals surface area contributed by atoms with Crippen LogP contribution in [0.4, 0.5) is 0 Å². The summed E-state index contributed by atoms with van der Waals surface area (Å²) in [5.41, 5.74) is 0.779. The average Bonchev–Trinajstić information content (AvgIpc) is 3.17. The first kappa shape index (κ1) is 17.1. The second-order valence-corrected chi connectivity index (χ2v) is 7.06. The van der Waals surface area contributed by atoms with Crippen LogP contribution in [0.3, 0.4) is 0 Å². The topological polar surface area (TPSA) is 41.6 Å². The van der Waals surface area contributed by atoms with E-state index in [1.54, 1.807) is 18.4 Å². The third-order valence-electron chi connectivity index (χ3n) is 4.54. The zero-order chi connectivity index (χ0) is 16.8. The van der Waals surface area contributed by atoms with E-state index >= 15 is 0 Å². The highest BCUT2D eigenvalue weighted by atomic mass is 32.1. The molecule has 0 radical (unpaired) electrons. The second-order valence-electron chi connectivity index (χ2n) is 6.08. The predicted molar refractivity (Wildman–Crippen MR) is 97.4 cm³/mol. The number of carbonyl (C=O) groups is 1. The Hall–Kier alpha value is -1.69. The van der Waals surface area contributed by atoms with Crippen molar-refractivity contribution in [1.29, 1.82) is 0 Å². The molecule has 5 heteroatoms. The van der Waals surface area contributed by atoms with E-state index in [2.05, 4.69) is 22.8 Å². The maximum Gasteiger partial charge on any atom is 0.253 e. The number of carbonyl (C=O) groups excluding carboxylic acids is 1. The van der Waals surface area contributed by atoms with Gasteiger partial charge >= 0.3 is 0 Å². The number of nitrogens with one attached hydrogen (secondary N) is 1. The maximum absolute atomic E-state index is 12.5. The Morgan fingerprint density at radius 1 is 1.25 bits per heavy atom. The van der Waals surface area contributed by atoms with E-state index in [1.165, 1.54) is 4.88 Å². The summed E-state index contributed by atoms with van der Waals surface area (Å²) in [5, 5.41) is 5.68. The van der Waals surface area contributed by atoms with Gasteiger partial charge in [0.05, 0.1) is 0 Å². The van der Waals surface area contributed by atoms with E-state index in [9.17, 15) is 4.79 Å². The molecule has 0 bridgehead atoms. The minimum Gasteiger partial charge on any atom is -0.375 e. The summed E-state index contributed by atoms with van der Waals surface area (Å²) in [5.74, 6) is 0.141. The van der Waals surface area contributed by atoms with Crippen LogP contribution in [-0.2, 0) is 4.74 Å². The van der Waals surface area contributed by atoms with Gasteiger partial charge in [-0.3, -0.25) is 4.79 Å². The van der Waals surface area contributed by atoms with Gasteiger partial charge in [-0.25, -0.2) is 0 Å². The highest BCUT2D eigenvalue weighted by Gasteiger charge is 2.24. The zero-order valence-corrected chi connectivity index (χ0v) is 14.8. The number of hydrogen-bond donors (Lipinski definition) is 1. The fraction of sp³-hybridized carbons (Fsp3) is 0.421. The van der Waals surface area contributed by atoms with Crippen molar-refractivity contribution in [1.82, 2.24) is 10.2 Å². The first-order valence-electron chi connectivity index (χ1n) is 8.42. The van der Waals surface area contributed by atoms with Crippen molar-refractivity contribution in [3.63, 3.8) is 0 Å². The van der Waals surface area contributed by atoms with Crippen LogP contribution in [0, 0.1) is 0 Å². The number of likely N-dealkylation sites (tertiary alicyclic amines) is 1. The van der Waals surface area contributed by atoms with Gasteiger partial charge in [0.2, 0.25) is 0 Å². The molecule has 24 heavy (non-hydrogen) atoms. The second kappa shape index (κ2) is 8.42. The van der Waals surface area contributed by atoms with Crippen molar-refractivity contribution in [2.75, 3.05) is 26.7 Å². The van der Waals surface area contributed by atoms with Gasteiger partial charge in [-0.15, -0.1) is 11.3 Å². The van der Waals surface area contributed by atoms with Crippen molar-refractivity contribution in [3.05, 3.63) is 58.3 Å². The lowest BCUT2D eigenvalue weighted by atomic mass is 10.0. The summed E-state index contributed by atoms with van der Waals surface area (Å²) >= 11 is 1.73. The Balaban J connectivity index is 1.46. The van der Waals surface area contributed by atoms with E-state index in [0.717, 1.165) is 38.0 Å². The smallest absolute Gasteiger partial charge is 0.253 e. The molecule has 4 nitrogen and oxygen atoms in total. The quantitative estimate of drug-likeness (QED) is 0.874. The van der Waals surface area contributed by atoms with Crippen molar-refractivity contribution in [2.45, 2.75) is 25.0 Å². The molecule has 1 aromatic heterocycles. The first-order valence-corrected chi connectivity index (χ1v) is 9.30. The van der Waals surface area contributed by atoms with Gasteiger partial charge in [0.1, 0.15) is 6.10 Å². The highest BCUT2D eigenvalue weighted by Crippen LogP contribution is 2.22. The number of benzene rings is 1. The summed E-state index contributed by atoms with van der Waals surface area (Å²) in [6.07, 6.45) is 2.08. The largest absolute Gasteiger partial charge is 0.375 e. The molecular weight excluding hydrogens is 320 g/mol. The molecule has 1 aromatic carbocycles. The molecule has 0 saturated carbocycles. The van der Waals surface area contributed by atoms with E-state index < -0.39 is 0 Å². The molecule has 1 saturated heterocycles. The molecule has 1 unspecified atom stereocenters. The van der Waals surface area contributed by atoms with E-state index in [-0.39, 0.29) is 12.0 Å². The van der Waals surface area contributed by atoms with Crippen LogP contribution in [0.1, 0.15) is 34.2 Å². The average molecular weight is 344 g/mol. The number of ether oxygens (including phenoxy) is 1. The predicted octanol–water partition coefficient (Wildman–Crippen LogP) is 3.33. The Labute approximate surface area is 147 Å². The lowest BCUT2D eigenvalue weighted by Crippen LogP contribution is -2.45. The minimum absolute atomic E-state index is 0.106. The fourth-order valence-electron chi connectivity index (χ4n) is 3.10. The Bertz CT molecular complexity index is 622. The van der Waals surface area contributed by atoms with Crippen LogP contribution >= 0.6 is 11.3 Å². The number of nitrogens with zero attached hydrogens (tertiary/aromatic N) is 1. The van der Waals surface area contributed by atoms with Gasteiger partial charge in [0, 0.05) is 43.2 Å². The molecule has 1 atom stereocenters. The summed E-state index contributed by atoms with van der Waals surface area (Å²) in [7, 11) is 1.76. The van der Waals surface area contributed by atoms with Gasteiger partial charge in [-0.1, -0.05) is 24.3 Å². The summed E-state index contributed by atoms with van der Waals surface area (Å²) in [6.45, 7) is 2.43. The molecule has 3 rings (SSSR count). The molecular formula is C19H24N2O2S. The Morgan fingerprint density at radius 3 is 2.62 bits per heavy atom. The number of methoxy groups -OCH3 is 1. The number of piperidine rings is 1. The lowest BCUT2D eigenvalue weighted by molar-refractivity contribution is 0.0685. The molecule has 128 valence electrons. The van der Waals surface area contributed by atoms with E-state index in [1.807, 2.05) is 35.2 Å². The van der Waals surface area contributed by atoms with Crippen LogP contribution in [0.15, 0.2) is 47.8 Å². The molecule has 0 aliphatic carbocycles. The Morgan fingerprint density at radius 2 is 2.00 bits per heavy atom. The number of rotatable bonds is 6. The molecule has 1 N–H and O–H groups in total. The molecule has 1 amide bonds. The van der Waals surface area contributed by atoms with Crippen molar-refractivity contribution >= 4 is 17.2 Å². The molecule has 0 spiro atoms. The van der Waals surface area contributed by atoms with Crippen LogP contribution in [-0.4, -0.2) is 43.6 Å². The normalized spacial score (nSPS) is 17.0. The number of thiophene rings is 1. The molecule has 1 aliphatic rings. The molecule has 2 heterocycles. The maximum atomic E-state index is 12.5. The monoisotopic (exact) mass is 344 g/mol. The van der Waals surface area contributed by atoms with Gasteiger partial charge in [0.15, 0.2) is 0 Å². The standard InChI is InChI=1S/C19H24N2O2S/c1-23-17(18-8-5-13-24-18)14-20-16-9-11-21(12-10-16)19(22)15-6-3-2-4-7-15/h2-8,13,16-17,20H,9-12,14H2,1H3. The van der Waals surface area contributed by atoms with Crippen molar-refractivity contribution in [2.24, 2.45) is 0 Å². The first-order chi connectivity index (χ1) is 11.8. The van der Waals surface area contributed by atoms with Gasteiger partial charge in [0.25, 0.3) is 5.91 Å². The van der Waals surface area contributed by atoms with E-state index in [4.69, 9.17) is 4.74 Å². The summed E-state index contributed by atoms with van der Waals surface area (Å²) < 4.78 is 5.59. The third-order valence-corrected chi connectivity index (χ3v) is 5.50. The molecule has 1 fully saturated rings. The van der Waals surface area contributed by atoms with Gasteiger partial charge in [-0.05, 0) is 36.4 Å². The number of amides is 1. The van der Waals surface area contributed by atoms with Crippen LogP contribution in [0.25, 0.3) is 0 Å². The zero-order valence-electron chi connectivity index (χ0n) is 14.0. The molecule has 1 aliphatic heterocycles.